The minimum Gasteiger partial charge on any atom is -0.350 e. The van der Waals surface area contributed by atoms with E-state index in [9.17, 15) is 4.79 Å². The van der Waals surface area contributed by atoms with Crippen LogP contribution in [0.25, 0.3) is 0 Å². The van der Waals surface area contributed by atoms with Crippen molar-refractivity contribution < 1.29 is 4.79 Å². The molecule has 0 bridgehead atoms. The Bertz CT molecular complexity index is 305. The summed E-state index contributed by atoms with van der Waals surface area (Å²) >= 11 is 4.61. The molecule has 2 nitrogen and oxygen atoms in total. The Morgan fingerprint density at radius 1 is 0.944 bits per heavy atom. The van der Waals surface area contributed by atoms with E-state index < -0.39 is 0 Å². The van der Waals surface area contributed by atoms with Gasteiger partial charge in [-0.1, -0.05) is 48.5 Å². The Morgan fingerprint density at radius 3 is 1.61 bits per heavy atom. The van der Waals surface area contributed by atoms with Gasteiger partial charge in [-0.15, -0.1) is 0 Å². The van der Waals surface area contributed by atoms with Crippen LogP contribution in [0.4, 0.5) is 0 Å². The summed E-state index contributed by atoms with van der Waals surface area (Å²) in [6, 6.07) is 0. The molecule has 0 aliphatic carbocycles. The first-order chi connectivity index (χ1) is 7.58. The van der Waals surface area contributed by atoms with Gasteiger partial charge >= 0.3 is 0 Å². The van der Waals surface area contributed by atoms with Crippen LogP contribution < -0.4 is 5.32 Å². The van der Waals surface area contributed by atoms with Crippen LogP contribution in [0.15, 0.2) is 0 Å². The Morgan fingerprint density at radius 2 is 1.33 bits per heavy atom. The second kappa shape index (κ2) is 5.07. The van der Waals surface area contributed by atoms with Crippen LogP contribution in [-0.4, -0.2) is 16.2 Å². The van der Waals surface area contributed by atoms with Gasteiger partial charge in [0.1, 0.15) is 0 Å². The zero-order valence-electron chi connectivity index (χ0n) is 13.6. The fraction of sp³-hybridized carbons (Fsp3) is 0.933. The molecule has 18 heavy (non-hydrogen) atoms. The zero-order valence-corrected chi connectivity index (χ0v) is 14.5. The highest BCUT2D eigenvalue weighted by Gasteiger charge is 2.42. The van der Waals surface area contributed by atoms with Gasteiger partial charge in [-0.2, -0.15) is 12.6 Å². The lowest BCUT2D eigenvalue weighted by molar-refractivity contribution is -0.131. The average Bonchev–Trinajstić information content (AvgIpc) is 1.95. The van der Waals surface area contributed by atoms with Crippen LogP contribution in [0.3, 0.4) is 0 Å². The standard InChI is InChI=1S/C15H31NOS/c1-12(2,3)11(17)16-15(8,9)13(4,5)10-14(6,7)18/h18H,10H2,1-9H3,(H,16,17). The van der Waals surface area contributed by atoms with E-state index in [0.717, 1.165) is 6.42 Å². The second-order valence-electron chi connectivity index (χ2n) is 8.20. The lowest BCUT2D eigenvalue weighted by Gasteiger charge is -2.46. The summed E-state index contributed by atoms with van der Waals surface area (Å²) in [4.78, 5) is 12.2. The maximum Gasteiger partial charge on any atom is 0.225 e. The maximum absolute atomic E-state index is 12.2. The molecule has 0 saturated carbocycles. The van der Waals surface area contributed by atoms with E-state index in [1.165, 1.54) is 0 Å². The van der Waals surface area contributed by atoms with Crippen molar-refractivity contribution in [3.05, 3.63) is 0 Å². The van der Waals surface area contributed by atoms with E-state index in [0.29, 0.717) is 0 Å². The molecule has 0 fully saturated rings. The van der Waals surface area contributed by atoms with Gasteiger partial charge in [0, 0.05) is 15.7 Å². The van der Waals surface area contributed by atoms with Gasteiger partial charge < -0.3 is 5.32 Å². The summed E-state index contributed by atoms with van der Waals surface area (Å²) in [7, 11) is 0. The number of hydrogen-bond donors (Lipinski definition) is 2. The smallest absolute Gasteiger partial charge is 0.225 e. The van der Waals surface area contributed by atoms with Gasteiger partial charge in [0.15, 0.2) is 0 Å². The summed E-state index contributed by atoms with van der Waals surface area (Å²) in [6.45, 7) is 18.6. The number of thiol groups is 1. The van der Waals surface area contributed by atoms with Gasteiger partial charge in [0.2, 0.25) is 5.91 Å². The second-order valence-corrected chi connectivity index (χ2v) is 9.41. The molecule has 0 heterocycles. The Balaban J connectivity index is 4.97. The molecule has 0 saturated heterocycles. The summed E-state index contributed by atoms with van der Waals surface area (Å²) in [5.74, 6) is 0.0949. The quantitative estimate of drug-likeness (QED) is 0.743. The first-order valence-corrected chi connectivity index (χ1v) is 7.08. The van der Waals surface area contributed by atoms with Crippen molar-refractivity contribution in [2.75, 3.05) is 0 Å². The highest BCUT2D eigenvalue weighted by Crippen LogP contribution is 2.40. The molecule has 0 aromatic carbocycles. The highest BCUT2D eigenvalue weighted by molar-refractivity contribution is 7.81. The third kappa shape index (κ3) is 5.21. The summed E-state index contributed by atoms with van der Waals surface area (Å²) in [5.41, 5.74) is -0.652. The van der Waals surface area contributed by atoms with Crippen molar-refractivity contribution in [1.29, 1.82) is 0 Å². The van der Waals surface area contributed by atoms with Gasteiger partial charge in [-0.3, -0.25) is 4.79 Å². The van der Waals surface area contributed by atoms with Crippen LogP contribution in [-0.2, 0) is 4.79 Å². The minimum absolute atomic E-state index is 0.0286. The lowest BCUT2D eigenvalue weighted by atomic mass is 9.69. The molecule has 0 aromatic heterocycles. The normalized spacial score (nSPS) is 14.6. The first kappa shape index (κ1) is 17.8. The lowest BCUT2D eigenvalue weighted by Crippen LogP contribution is -2.57. The molecule has 0 aliphatic heterocycles. The summed E-state index contributed by atoms with van der Waals surface area (Å²) < 4.78 is -0.0484. The van der Waals surface area contributed by atoms with Crippen molar-refractivity contribution in [3.8, 4) is 0 Å². The van der Waals surface area contributed by atoms with Crippen LogP contribution in [0.2, 0.25) is 0 Å². The molecule has 0 aromatic rings. The SMILES string of the molecule is CC(C)(S)CC(C)(C)C(C)(C)NC(=O)C(C)(C)C. The van der Waals surface area contributed by atoms with E-state index in [1.807, 2.05) is 20.8 Å². The molecular weight excluding hydrogens is 242 g/mol. The average molecular weight is 273 g/mol. The van der Waals surface area contributed by atoms with Crippen LogP contribution in [0.1, 0.15) is 68.7 Å². The van der Waals surface area contributed by atoms with E-state index in [1.54, 1.807) is 0 Å². The predicted octanol–water partition coefficient (Wildman–Crippen LogP) is 4.05. The van der Waals surface area contributed by atoms with Crippen molar-refractivity contribution in [2.24, 2.45) is 10.8 Å². The monoisotopic (exact) mass is 273 g/mol. The summed E-state index contributed by atoms with van der Waals surface area (Å²) in [6.07, 6.45) is 0.931. The minimum atomic E-state index is -0.357. The number of carbonyl (C=O) groups is 1. The summed E-state index contributed by atoms with van der Waals surface area (Å²) in [5, 5.41) is 3.19. The van der Waals surface area contributed by atoms with Crippen LogP contribution >= 0.6 is 12.6 Å². The van der Waals surface area contributed by atoms with Gasteiger partial charge in [0.05, 0.1) is 0 Å². The van der Waals surface area contributed by atoms with E-state index >= 15 is 0 Å². The Kier molecular flexibility index (Phi) is 5.02. The van der Waals surface area contributed by atoms with Crippen molar-refractivity contribution in [1.82, 2.24) is 5.32 Å². The Hall–Kier alpha value is -0.180. The third-order valence-corrected chi connectivity index (χ3v) is 3.83. The van der Waals surface area contributed by atoms with E-state index in [2.05, 4.69) is 59.5 Å². The third-order valence-electron chi connectivity index (χ3n) is 3.67. The van der Waals surface area contributed by atoms with Crippen molar-refractivity contribution in [2.45, 2.75) is 79.0 Å². The fourth-order valence-electron chi connectivity index (χ4n) is 1.94. The predicted molar refractivity (Wildman–Crippen MR) is 83.1 cm³/mol. The zero-order chi connectivity index (χ0) is 15.0. The number of hydrogen-bond acceptors (Lipinski definition) is 2. The first-order valence-electron chi connectivity index (χ1n) is 6.63. The Labute approximate surface area is 119 Å². The molecule has 0 atom stereocenters. The van der Waals surface area contributed by atoms with E-state index in [-0.39, 0.29) is 27.0 Å². The number of nitrogens with one attached hydrogen (secondary N) is 1. The molecule has 108 valence electrons. The fourth-order valence-corrected chi connectivity index (χ4v) is 2.34. The molecule has 1 amide bonds. The van der Waals surface area contributed by atoms with Gasteiger partial charge in [0.25, 0.3) is 0 Å². The molecule has 0 rings (SSSR count). The van der Waals surface area contributed by atoms with E-state index in [4.69, 9.17) is 0 Å². The van der Waals surface area contributed by atoms with Gasteiger partial charge in [-0.05, 0) is 25.7 Å². The topological polar surface area (TPSA) is 29.1 Å². The van der Waals surface area contributed by atoms with Gasteiger partial charge in [-0.25, -0.2) is 0 Å². The molecule has 3 heteroatoms. The largest absolute Gasteiger partial charge is 0.350 e. The number of rotatable bonds is 4. The molecule has 1 N–H and O–H groups in total. The number of amides is 1. The number of carbonyl (C=O) groups excluding carboxylic acids is 1. The van der Waals surface area contributed by atoms with Crippen molar-refractivity contribution in [3.63, 3.8) is 0 Å². The van der Waals surface area contributed by atoms with Crippen LogP contribution in [0, 0.1) is 10.8 Å². The highest BCUT2D eigenvalue weighted by atomic mass is 32.1. The molecule has 0 spiro atoms. The molecule has 0 radical (unpaired) electrons. The molecule has 0 aliphatic rings. The van der Waals surface area contributed by atoms with Crippen molar-refractivity contribution >= 4 is 18.5 Å². The maximum atomic E-state index is 12.2. The molecule has 0 unspecified atom stereocenters. The molecular formula is C15H31NOS. The van der Waals surface area contributed by atoms with Crippen LogP contribution in [0.5, 0.6) is 0 Å².